The van der Waals surface area contributed by atoms with Gasteiger partial charge in [-0.2, -0.15) is 14.9 Å². The molecule has 8 heteroatoms. The van der Waals surface area contributed by atoms with Crippen molar-refractivity contribution < 1.29 is 9.15 Å². The number of ether oxygens (including phenoxy) is 1. The molecule has 0 N–H and O–H groups in total. The van der Waals surface area contributed by atoms with E-state index < -0.39 is 0 Å². The smallest absolute Gasteiger partial charge is 0.225 e. The van der Waals surface area contributed by atoms with Gasteiger partial charge in [-0.1, -0.05) is 6.07 Å². The first-order valence-corrected chi connectivity index (χ1v) is 8.88. The minimum absolute atomic E-state index is 0.107. The Bertz CT molecular complexity index is 1140. The SMILES string of the molecule is O=c1cc(-n2cncn2)oc2c(-c3ccnn3C3CCCCO3)cccc12. The van der Waals surface area contributed by atoms with Crippen LogP contribution in [0.1, 0.15) is 25.5 Å². The Morgan fingerprint density at radius 3 is 2.93 bits per heavy atom. The molecule has 0 bridgehead atoms. The lowest BCUT2D eigenvalue weighted by atomic mass is 10.1. The normalized spacial score (nSPS) is 17.4. The van der Waals surface area contributed by atoms with Crippen LogP contribution in [0.2, 0.25) is 0 Å². The topological polar surface area (TPSA) is 88.0 Å². The molecular formula is C19H17N5O3. The van der Waals surface area contributed by atoms with Gasteiger partial charge in [0.1, 0.15) is 18.2 Å². The van der Waals surface area contributed by atoms with Crippen LogP contribution in [-0.4, -0.2) is 31.2 Å². The van der Waals surface area contributed by atoms with E-state index >= 15 is 0 Å². The maximum atomic E-state index is 12.6. The maximum absolute atomic E-state index is 12.6. The largest absolute Gasteiger partial charge is 0.437 e. The van der Waals surface area contributed by atoms with Gasteiger partial charge in [-0.25, -0.2) is 9.67 Å². The molecule has 0 amide bonds. The summed E-state index contributed by atoms with van der Waals surface area (Å²) in [4.78, 5) is 16.5. The Morgan fingerprint density at radius 1 is 1.15 bits per heavy atom. The van der Waals surface area contributed by atoms with Gasteiger partial charge in [0, 0.05) is 24.4 Å². The number of aromatic nitrogens is 5. The summed E-state index contributed by atoms with van der Waals surface area (Å²) in [6.07, 6.45) is 7.60. The van der Waals surface area contributed by atoms with Crippen LogP contribution in [0.3, 0.4) is 0 Å². The molecule has 4 heterocycles. The molecule has 1 aliphatic heterocycles. The van der Waals surface area contributed by atoms with Crippen molar-refractivity contribution in [3.63, 3.8) is 0 Å². The summed E-state index contributed by atoms with van der Waals surface area (Å²) in [5, 5.41) is 9.02. The third kappa shape index (κ3) is 2.74. The Morgan fingerprint density at radius 2 is 2.11 bits per heavy atom. The van der Waals surface area contributed by atoms with Crippen molar-refractivity contribution in [2.24, 2.45) is 0 Å². The van der Waals surface area contributed by atoms with E-state index in [-0.39, 0.29) is 11.7 Å². The predicted octanol–water partition coefficient (Wildman–Crippen LogP) is 2.94. The van der Waals surface area contributed by atoms with E-state index in [9.17, 15) is 4.79 Å². The fourth-order valence-corrected chi connectivity index (χ4v) is 3.48. The molecule has 0 aliphatic carbocycles. The van der Waals surface area contributed by atoms with Crippen LogP contribution in [-0.2, 0) is 4.74 Å². The van der Waals surface area contributed by atoms with Crippen molar-refractivity contribution in [2.45, 2.75) is 25.5 Å². The minimum Gasteiger partial charge on any atom is -0.437 e. The average Bonchev–Trinajstić information content (AvgIpc) is 3.40. The Balaban J connectivity index is 1.70. The molecule has 1 fully saturated rings. The first-order chi connectivity index (χ1) is 13.3. The quantitative estimate of drug-likeness (QED) is 0.556. The summed E-state index contributed by atoms with van der Waals surface area (Å²) in [6, 6.07) is 8.86. The number of fused-ring (bicyclic) bond motifs is 1. The second kappa shape index (κ2) is 6.48. The summed E-state index contributed by atoms with van der Waals surface area (Å²) in [7, 11) is 0. The first-order valence-electron chi connectivity index (χ1n) is 8.88. The van der Waals surface area contributed by atoms with Crippen molar-refractivity contribution in [3.8, 4) is 17.1 Å². The number of para-hydroxylation sites is 1. The fraction of sp³-hybridized carbons (Fsp3) is 0.263. The number of nitrogens with zero attached hydrogens (tertiary/aromatic N) is 5. The zero-order valence-corrected chi connectivity index (χ0v) is 14.5. The predicted molar refractivity (Wildman–Crippen MR) is 97.5 cm³/mol. The highest BCUT2D eigenvalue weighted by Crippen LogP contribution is 2.32. The molecule has 1 aliphatic rings. The van der Waals surface area contributed by atoms with Crippen molar-refractivity contribution >= 4 is 11.0 Å². The molecule has 27 heavy (non-hydrogen) atoms. The van der Waals surface area contributed by atoms with E-state index in [1.54, 1.807) is 12.3 Å². The summed E-state index contributed by atoms with van der Waals surface area (Å²) < 4.78 is 15.3. The molecule has 8 nitrogen and oxygen atoms in total. The van der Waals surface area contributed by atoms with Crippen LogP contribution >= 0.6 is 0 Å². The van der Waals surface area contributed by atoms with Gasteiger partial charge in [-0.05, 0) is 37.5 Å². The van der Waals surface area contributed by atoms with Crippen molar-refractivity contribution in [2.75, 3.05) is 6.61 Å². The Hall–Kier alpha value is -3.26. The fourth-order valence-electron chi connectivity index (χ4n) is 3.48. The highest BCUT2D eigenvalue weighted by Gasteiger charge is 2.21. The molecule has 0 saturated carbocycles. The van der Waals surface area contributed by atoms with Gasteiger partial charge in [0.05, 0.1) is 11.1 Å². The van der Waals surface area contributed by atoms with Crippen molar-refractivity contribution in [3.05, 3.63) is 59.4 Å². The molecule has 1 aromatic carbocycles. The molecular weight excluding hydrogens is 346 g/mol. The highest BCUT2D eigenvalue weighted by atomic mass is 16.5. The summed E-state index contributed by atoms with van der Waals surface area (Å²) in [5.74, 6) is 0.317. The highest BCUT2D eigenvalue weighted by molar-refractivity contribution is 5.91. The zero-order valence-electron chi connectivity index (χ0n) is 14.5. The standard InChI is InChI=1S/C19H17N5O3/c25-16-10-18(23-12-20-11-22-23)27-19-13(4-3-5-14(16)19)15-7-8-21-24(15)17-6-1-2-9-26-17/h3-5,7-8,10-12,17H,1-2,6,9H2. The summed E-state index contributed by atoms with van der Waals surface area (Å²) in [5.41, 5.74) is 2.00. The van der Waals surface area contributed by atoms with Gasteiger partial charge < -0.3 is 9.15 Å². The first kappa shape index (κ1) is 16.0. The molecule has 1 atom stereocenters. The van der Waals surface area contributed by atoms with Crippen molar-refractivity contribution in [1.29, 1.82) is 0 Å². The number of hydrogen-bond acceptors (Lipinski definition) is 6. The van der Waals surface area contributed by atoms with Gasteiger partial charge in [-0.3, -0.25) is 4.79 Å². The molecule has 4 aromatic rings. The maximum Gasteiger partial charge on any atom is 0.225 e. The summed E-state index contributed by atoms with van der Waals surface area (Å²) >= 11 is 0. The van der Waals surface area contributed by atoms with Gasteiger partial charge in [0.2, 0.25) is 5.88 Å². The van der Waals surface area contributed by atoms with Crippen LogP contribution < -0.4 is 5.43 Å². The molecule has 1 saturated heterocycles. The van der Waals surface area contributed by atoms with Crippen molar-refractivity contribution in [1.82, 2.24) is 24.5 Å². The Kier molecular flexibility index (Phi) is 3.83. The second-order valence-corrected chi connectivity index (χ2v) is 6.45. The van der Waals surface area contributed by atoms with E-state index in [1.165, 1.54) is 23.4 Å². The van der Waals surface area contributed by atoms with E-state index in [0.29, 0.717) is 16.9 Å². The lowest BCUT2D eigenvalue weighted by molar-refractivity contribution is -0.0383. The van der Waals surface area contributed by atoms with E-state index in [0.717, 1.165) is 37.1 Å². The van der Waals surface area contributed by atoms with E-state index in [2.05, 4.69) is 15.2 Å². The second-order valence-electron chi connectivity index (χ2n) is 6.45. The molecule has 0 spiro atoms. The van der Waals surface area contributed by atoms with Crippen LogP contribution in [0.5, 0.6) is 0 Å². The van der Waals surface area contributed by atoms with Crippen LogP contribution in [0.25, 0.3) is 28.1 Å². The molecule has 0 radical (unpaired) electrons. The van der Waals surface area contributed by atoms with Crippen LogP contribution in [0.4, 0.5) is 0 Å². The lowest BCUT2D eigenvalue weighted by Gasteiger charge is -2.24. The monoisotopic (exact) mass is 363 g/mol. The zero-order chi connectivity index (χ0) is 18.2. The molecule has 1 unspecified atom stereocenters. The third-order valence-electron chi connectivity index (χ3n) is 4.76. The Labute approximate surface area is 154 Å². The van der Waals surface area contributed by atoms with Crippen LogP contribution in [0, 0.1) is 0 Å². The number of hydrogen-bond donors (Lipinski definition) is 0. The van der Waals surface area contributed by atoms with Gasteiger partial charge >= 0.3 is 0 Å². The van der Waals surface area contributed by atoms with Crippen LogP contribution in [0.15, 0.2) is 58.4 Å². The van der Waals surface area contributed by atoms with E-state index in [1.807, 2.05) is 22.9 Å². The molecule has 3 aromatic heterocycles. The number of benzene rings is 1. The lowest BCUT2D eigenvalue weighted by Crippen LogP contribution is -2.20. The van der Waals surface area contributed by atoms with Gasteiger partial charge in [-0.15, -0.1) is 0 Å². The molecule has 136 valence electrons. The molecule has 5 rings (SSSR count). The average molecular weight is 363 g/mol. The van der Waals surface area contributed by atoms with Gasteiger partial charge in [0.15, 0.2) is 11.7 Å². The minimum atomic E-state index is -0.136. The van der Waals surface area contributed by atoms with E-state index in [4.69, 9.17) is 9.15 Å². The van der Waals surface area contributed by atoms with Gasteiger partial charge in [0.25, 0.3) is 0 Å². The number of rotatable bonds is 3. The summed E-state index contributed by atoms with van der Waals surface area (Å²) in [6.45, 7) is 0.727. The third-order valence-corrected chi connectivity index (χ3v) is 4.76.